The molecule has 3 fully saturated rings. The summed E-state index contributed by atoms with van der Waals surface area (Å²) < 4.78 is 6.69. The predicted octanol–water partition coefficient (Wildman–Crippen LogP) is 4.09. The standard InChI is InChI=1S/C32H32ClN3O5/c1-31-16-17-32(41-31)26(25(31)28(38)34-18-20-10-4-2-5-11-20)30(40)36(24(19-37)21-12-6-3-7-13-21)27(32)29(39)35-23-15-9-8-14-22(23)33/h2-15,24-27,37H,16-19H2,1H3,(H,34,38)(H,35,39)/t24-,25-,26+,27?,31+,32?/m1/s1. The Morgan fingerprint density at radius 3 is 2.34 bits per heavy atom. The van der Waals surface area contributed by atoms with E-state index in [0.717, 1.165) is 5.56 Å². The van der Waals surface area contributed by atoms with Gasteiger partial charge in [-0.25, -0.2) is 0 Å². The van der Waals surface area contributed by atoms with Crippen LogP contribution in [-0.2, 0) is 25.7 Å². The summed E-state index contributed by atoms with van der Waals surface area (Å²) >= 11 is 6.37. The molecule has 0 radical (unpaired) electrons. The van der Waals surface area contributed by atoms with Crippen molar-refractivity contribution in [2.75, 3.05) is 11.9 Å². The maximum Gasteiger partial charge on any atom is 0.250 e. The van der Waals surface area contributed by atoms with Crippen LogP contribution in [0.4, 0.5) is 5.69 Å². The maximum atomic E-state index is 14.5. The van der Waals surface area contributed by atoms with E-state index in [1.807, 2.05) is 67.6 Å². The molecule has 6 atom stereocenters. The number of fused-ring (bicyclic) bond motifs is 1. The van der Waals surface area contributed by atoms with Crippen molar-refractivity contribution in [3.63, 3.8) is 0 Å². The number of carbonyl (C=O) groups excluding carboxylic acids is 3. The van der Waals surface area contributed by atoms with Crippen LogP contribution in [0.3, 0.4) is 0 Å². The third-order valence-electron chi connectivity index (χ3n) is 8.88. The van der Waals surface area contributed by atoms with Crippen LogP contribution in [0.2, 0.25) is 5.02 Å². The Labute approximate surface area is 243 Å². The number of hydrogen-bond donors (Lipinski definition) is 3. The summed E-state index contributed by atoms with van der Waals surface area (Å²) in [7, 11) is 0. The average Bonchev–Trinajstić information content (AvgIpc) is 3.55. The number of nitrogens with zero attached hydrogens (tertiary/aromatic N) is 1. The van der Waals surface area contributed by atoms with Crippen molar-refractivity contribution in [2.24, 2.45) is 11.8 Å². The van der Waals surface area contributed by atoms with Crippen molar-refractivity contribution in [3.8, 4) is 0 Å². The number of ether oxygens (including phenoxy) is 1. The van der Waals surface area contributed by atoms with Gasteiger partial charge in [0.2, 0.25) is 17.7 Å². The lowest BCUT2D eigenvalue weighted by Crippen LogP contribution is -2.54. The Bertz CT molecular complexity index is 1470. The summed E-state index contributed by atoms with van der Waals surface area (Å²) in [5.41, 5.74) is -0.139. The second kappa shape index (κ2) is 10.6. The molecule has 3 amide bonds. The van der Waals surface area contributed by atoms with Crippen LogP contribution in [0.5, 0.6) is 0 Å². The third kappa shape index (κ3) is 4.51. The molecule has 212 valence electrons. The van der Waals surface area contributed by atoms with Crippen molar-refractivity contribution in [1.82, 2.24) is 10.2 Å². The van der Waals surface area contributed by atoms with Crippen molar-refractivity contribution in [3.05, 3.63) is 101 Å². The van der Waals surface area contributed by atoms with E-state index in [1.54, 1.807) is 24.3 Å². The van der Waals surface area contributed by atoms with E-state index < -0.39 is 47.6 Å². The second-order valence-corrected chi connectivity index (χ2v) is 11.7. The van der Waals surface area contributed by atoms with Gasteiger partial charge in [-0.05, 0) is 43.0 Å². The first-order chi connectivity index (χ1) is 19.8. The molecule has 9 heteroatoms. The third-order valence-corrected chi connectivity index (χ3v) is 9.21. The van der Waals surface area contributed by atoms with E-state index >= 15 is 0 Å². The fourth-order valence-corrected chi connectivity index (χ4v) is 7.27. The fraction of sp³-hybridized carbons (Fsp3) is 0.344. The summed E-state index contributed by atoms with van der Waals surface area (Å²) in [6.45, 7) is 1.76. The highest BCUT2D eigenvalue weighted by Gasteiger charge is 2.78. The lowest BCUT2D eigenvalue weighted by atomic mass is 9.66. The zero-order valence-electron chi connectivity index (χ0n) is 22.6. The van der Waals surface area contributed by atoms with Gasteiger partial charge in [-0.15, -0.1) is 0 Å². The first kappa shape index (κ1) is 27.4. The molecule has 0 saturated carbocycles. The predicted molar refractivity (Wildman–Crippen MR) is 154 cm³/mol. The zero-order valence-corrected chi connectivity index (χ0v) is 23.4. The number of carbonyl (C=O) groups is 3. The second-order valence-electron chi connectivity index (χ2n) is 11.3. The van der Waals surface area contributed by atoms with E-state index in [4.69, 9.17) is 16.3 Å². The first-order valence-electron chi connectivity index (χ1n) is 13.8. The molecule has 2 bridgehead atoms. The molecule has 3 heterocycles. The van der Waals surface area contributed by atoms with E-state index in [0.29, 0.717) is 35.7 Å². The molecule has 3 aromatic carbocycles. The molecule has 8 nitrogen and oxygen atoms in total. The molecule has 3 N–H and O–H groups in total. The number of likely N-dealkylation sites (tertiary alicyclic amines) is 1. The van der Waals surface area contributed by atoms with Crippen LogP contribution in [0.15, 0.2) is 84.9 Å². The van der Waals surface area contributed by atoms with E-state index in [9.17, 15) is 19.5 Å². The zero-order chi connectivity index (χ0) is 28.8. The molecule has 6 rings (SSSR count). The number of aliphatic hydroxyl groups is 1. The van der Waals surface area contributed by atoms with Gasteiger partial charge < -0.3 is 25.4 Å². The SMILES string of the molecule is C[C@@]12CCC3(O1)C(C(=O)Nc1ccccc1Cl)N([C@H](CO)c1ccccc1)C(=O)[C@@H]3[C@@H]2C(=O)NCc1ccccc1. The highest BCUT2D eigenvalue weighted by atomic mass is 35.5. The molecular formula is C32H32ClN3O5. The van der Waals surface area contributed by atoms with Gasteiger partial charge in [0.05, 0.1) is 40.8 Å². The fourth-order valence-electron chi connectivity index (χ4n) is 7.09. The highest BCUT2D eigenvalue weighted by Crippen LogP contribution is 2.64. The monoisotopic (exact) mass is 573 g/mol. The number of amides is 3. The highest BCUT2D eigenvalue weighted by molar-refractivity contribution is 6.33. The van der Waals surface area contributed by atoms with Gasteiger partial charge in [0, 0.05) is 6.54 Å². The van der Waals surface area contributed by atoms with Crippen molar-refractivity contribution >= 4 is 35.0 Å². The van der Waals surface area contributed by atoms with Crippen LogP contribution in [0.25, 0.3) is 0 Å². The van der Waals surface area contributed by atoms with Crippen LogP contribution in [0, 0.1) is 11.8 Å². The van der Waals surface area contributed by atoms with E-state index in [2.05, 4.69) is 10.6 Å². The normalized spacial score (nSPS) is 28.8. The molecule has 0 aromatic heterocycles. The molecule has 3 aliphatic heterocycles. The smallest absolute Gasteiger partial charge is 0.250 e. The number of halogens is 1. The Balaban J connectivity index is 1.39. The minimum absolute atomic E-state index is 0.288. The lowest BCUT2D eigenvalue weighted by Gasteiger charge is -2.37. The van der Waals surface area contributed by atoms with Gasteiger partial charge in [0.15, 0.2) is 0 Å². The van der Waals surface area contributed by atoms with Gasteiger partial charge >= 0.3 is 0 Å². The van der Waals surface area contributed by atoms with Crippen LogP contribution in [0.1, 0.15) is 36.9 Å². The number of benzene rings is 3. The molecule has 1 spiro atoms. The lowest BCUT2D eigenvalue weighted by molar-refractivity contribution is -0.148. The Morgan fingerprint density at radius 2 is 1.66 bits per heavy atom. The number of rotatable bonds is 8. The van der Waals surface area contributed by atoms with E-state index in [1.165, 1.54) is 4.90 Å². The summed E-state index contributed by atoms with van der Waals surface area (Å²) in [6, 6.07) is 23.6. The van der Waals surface area contributed by atoms with Crippen LogP contribution < -0.4 is 10.6 Å². The van der Waals surface area contributed by atoms with Gasteiger partial charge in [-0.2, -0.15) is 0 Å². The van der Waals surface area contributed by atoms with Crippen molar-refractivity contribution in [2.45, 2.75) is 49.6 Å². The summed E-state index contributed by atoms with van der Waals surface area (Å²) in [4.78, 5) is 43.9. The number of nitrogens with one attached hydrogen (secondary N) is 2. The minimum atomic E-state index is -1.24. The average molecular weight is 574 g/mol. The van der Waals surface area contributed by atoms with Crippen molar-refractivity contribution < 1.29 is 24.2 Å². The Hall–Kier alpha value is -3.72. The first-order valence-corrected chi connectivity index (χ1v) is 14.2. The topological polar surface area (TPSA) is 108 Å². The molecule has 0 aliphatic carbocycles. The molecule has 2 unspecified atom stereocenters. The van der Waals surface area contributed by atoms with Crippen LogP contribution >= 0.6 is 11.6 Å². The molecule has 3 saturated heterocycles. The Kier molecular flexibility index (Phi) is 7.09. The summed E-state index contributed by atoms with van der Waals surface area (Å²) in [6.07, 6.45) is 0.936. The number of hydrogen-bond acceptors (Lipinski definition) is 5. The summed E-state index contributed by atoms with van der Waals surface area (Å²) in [5, 5.41) is 16.9. The van der Waals surface area contributed by atoms with Gasteiger partial charge in [0.1, 0.15) is 11.6 Å². The number of aliphatic hydroxyl groups excluding tert-OH is 1. The van der Waals surface area contributed by atoms with Gasteiger partial charge in [-0.1, -0.05) is 84.4 Å². The molecule has 3 aromatic rings. The maximum absolute atomic E-state index is 14.5. The number of para-hydroxylation sites is 1. The summed E-state index contributed by atoms with van der Waals surface area (Å²) in [5.74, 6) is -2.84. The largest absolute Gasteiger partial charge is 0.394 e. The van der Waals surface area contributed by atoms with Crippen molar-refractivity contribution in [1.29, 1.82) is 0 Å². The van der Waals surface area contributed by atoms with Gasteiger partial charge in [0.25, 0.3) is 0 Å². The van der Waals surface area contributed by atoms with Crippen LogP contribution in [-0.4, -0.2) is 51.6 Å². The minimum Gasteiger partial charge on any atom is -0.394 e. The molecular weight excluding hydrogens is 542 g/mol. The van der Waals surface area contributed by atoms with E-state index in [-0.39, 0.29) is 11.8 Å². The van der Waals surface area contributed by atoms with Gasteiger partial charge in [-0.3, -0.25) is 14.4 Å². The quantitative estimate of drug-likeness (QED) is 0.376. The number of anilines is 1. The molecule has 41 heavy (non-hydrogen) atoms. The Morgan fingerprint density at radius 1 is 1.00 bits per heavy atom. The molecule has 3 aliphatic rings.